The van der Waals surface area contributed by atoms with Crippen molar-refractivity contribution in [1.29, 1.82) is 0 Å². The molecule has 0 heterocycles. The van der Waals surface area contributed by atoms with Crippen molar-refractivity contribution in [1.82, 2.24) is 0 Å². The molecule has 0 saturated carbocycles. The third-order valence-electron chi connectivity index (χ3n) is 4.55. The molecule has 0 unspecified atom stereocenters. The molecule has 0 radical (unpaired) electrons. The van der Waals surface area contributed by atoms with Crippen molar-refractivity contribution in [3.8, 4) is 0 Å². The van der Waals surface area contributed by atoms with Gasteiger partial charge >= 0.3 is 5.97 Å². The summed E-state index contributed by atoms with van der Waals surface area (Å²) in [5.41, 5.74) is 5.36. The van der Waals surface area contributed by atoms with E-state index in [2.05, 4.69) is 55.5 Å². The van der Waals surface area contributed by atoms with E-state index in [4.69, 9.17) is 5.11 Å². The predicted octanol–water partition coefficient (Wildman–Crippen LogP) is 4.54. The second-order valence-corrected chi connectivity index (χ2v) is 5.70. The molecule has 2 aromatic rings. The summed E-state index contributed by atoms with van der Waals surface area (Å²) in [5.74, 6) is -0.0858. The number of carboxylic acids is 1. The highest BCUT2D eigenvalue weighted by Gasteiger charge is 2.30. The van der Waals surface area contributed by atoms with Gasteiger partial charge in [0.1, 0.15) is 0 Å². The molecule has 1 aliphatic rings. The predicted molar refractivity (Wildman–Crippen MR) is 83.7 cm³/mol. The van der Waals surface area contributed by atoms with E-state index in [1.165, 1.54) is 22.3 Å². The topological polar surface area (TPSA) is 37.3 Å². The van der Waals surface area contributed by atoms with Crippen LogP contribution in [-0.4, -0.2) is 11.1 Å². The first-order valence-corrected chi connectivity index (χ1v) is 7.61. The minimum atomic E-state index is -0.720. The minimum Gasteiger partial charge on any atom is -0.481 e. The smallest absolute Gasteiger partial charge is 0.303 e. The molecule has 0 fully saturated rings. The van der Waals surface area contributed by atoms with Crippen LogP contribution >= 0.6 is 0 Å². The maximum atomic E-state index is 11.0. The third-order valence-corrected chi connectivity index (χ3v) is 4.55. The lowest BCUT2D eigenvalue weighted by Gasteiger charge is -2.33. The van der Waals surface area contributed by atoms with Gasteiger partial charge in [-0.05, 0) is 35.1 Å². The number of fused-ring (bicyclic) bond motifs is 2. The Balaban J connectivity index is 2.11. The van der Waals surface area contributed by atoms with Crippen molar-refractivity contribution < 1.29 is 9.90 Å². The Bertz CT molecular complexity index is 613. The van der Waals surface area contributed by atoms with Crippen LogP contribution in [0.5, 0.6) is 0 Å². The number of carbonyl (C=O) groups is 1. The van der Waals surface area contributed by atoms with Crippen LogP contribution in [0.3, 0.4) is 0 Å². The molecule has 3 rings (SSSR count). The van der Waals surface area contributed by atoms with E-state index in [9.17, 15) is 4.79 Å². The van der Waals surface area contributed by atoms with Crippen molar-refractivity contribution in [2.24, 2.45) is 0 Å². The van der Waals surface area contributed by atoms with E-state index in [1.807, 2.05) is 0 Å². The first-order valence-electron chi connectivity index (χ1n) is 7.61. The summed E-state index contributed by atoms with van der Waals surface area (Å²) in [7, 11) is 0. The fourth-order valence-electron chi connectivity index (χ4n) is 3.64. The molecular formula is C19H20O2. The molecule has 21 heavy (non-hydrogen) atoms. The van der Waals surface area contributed by atoms with E-state index in [0.29, 0.717) is 12.3 Å². The van der Waals surface area contributed by atoms with Crippen LogP contribution in [0.2, 0.25) is 0 Å². The number of aliphatic carboxylic acids is 1. The average Bonchev–Trinajstić information content (AvgIpc) is 2.51. The zero-order valence-corrected chi connectivity index (χ0v) is 12.3. The number of hydrogen-bond donors (Lipinski definition) is 1. The number of hydrogen-bond acceptors (Lipinski definition) is 1. The fourth-order valence-corrected chi connectivity index (χ4v) is 3.64. The quantitative estimate of drug-likeness (QED) is 0.892. The Morgan fingerprint density at radius 1 is 0.905 bits per heavy atom. The second-order valence-electron chi connectivity index (χ2n) is 5.70. The Morgan fingerprint density at radius 3 is 1.71 bits per heavy atom. The van der Waals surface area contributed by atoms with Gasteiger partial charge in [0.25, 0.3) is 0 Å². The molecule has 0 spiro atoms. The van der Waals surface area contributed by atoms with Crippen LogP contribution < -0.4 is 0 Å². The normalized spacial score (nSPS) is 19.7. The molecule has 0 aromatic heterocycles. The second kappa shape index (κ2) is 5.72. The molecule has 0 bridgehead atoms. The van der Waals surface area contributed by atoms with Gasteiger partial charge in [0, 0.05) is 18.3 Å². The van der Waals surface area contributed by atoms with E-state index in [0.717, 1.165) is 6.42 Å². The highest BCUT2D eigenvalue weighted by Crippen LogP contribution is 2.46. The number of benzene rings is 2. The average molecular weight is 280 g/mol. The summed E-state index contributed by atoms with van der Waals surface area (Å²) < 4.78 is 0. The van der Waals surface area contributed by atoms with Crippen molar-refractivity contribution in [3.63, 3.8) is 0 Å². The maximum Gasteiger partial charge on any atom is 0.303 e. The SMILES string of the molecule is CCC1c2ccccc2C(CCC(=O)O)c2ccccc21. The van der Waals surface area contributed by atoms with Gasteiger partial charge in [-0.1, -0.05) is 55.5 Å². The molecular weight excluding hydrogens is 260 g/mol. The summed E-state index contributed by atoms with van der Waals surface area (Å²) in [6.07, 6.45) is 1.95. The lowest BCUT2D eigenvalue weighted by molar-refractivity contribution is -0.137. The summed E-state index contributed by atoms with van der Waals surface area (Å²) in [6.45, 7) is 2.22. The molecule has 0 amide bonds. The van der Waals surface area contributed by atoms with Gasteiger partial charge in [-0.25, -0.2) is 0 Å². The Kier molecular flexibility index (Phi) is 3.78. The molecule has 2 nitrogen and oxygen atoms in total. The van der Waals surface area contributed by atoms with Crippen molar-refractivity contribution in [2.45, 2.75) is 38.0 Å². The Hall–Kier alpha value is -2.09. The molecule has 0 saturated heterocycles. The zero-order valence-electron chi connectivity index (χ0n) is 12.3. The highest BCUT2D eigenvalue weighted by molar-refractivity contribution is 5.67. The first kappa shape index (κ1) is 13.9. The van der Waals surface area contributed by atoms with E-state index in [1.54, 1.807) is 0 Å². The van der Waals surface area contributed by atoms with Crippen LogP contribution in [0.25, 0.3) is 0 Å². The van der Waals surface area contributed by atoms with E-state index < -0.39 is 5.97 Å². The van der Waals surface area contributed by atoms with Gasteiger partial charge in [0.05, 0.1) is 0 Å². The van der Waals surface area contributed by atoms with Gasteiger partial charge < -0.3 is 5.11 Å². The Morgan fingerprint density at radius 2 is 1.33 bits per heavy atom. The number of rotatable bonds is 4. The summed E-state index contributed by atoms with van der Waals surface area (Å²) in [6, 6.07) is 17.0. The van der Waals surface area contributed by atoms with Crippen LogP contribution in [0.15, 0.2) is 48.5 Å². The third kappa shape index (κ3) is 2.46. The lowest BCUT2D eigenvalue weighted by Crippen LogP contribution is -2.18. The van der Waals surface area contributed by atoms with Gasteiger partial charge in [-0.2, -0.15) is 0 Å². The molecule has 0 aliphatic heterocycles. The summed E-state index contributed by atoms with van der Waals surface area (Å²) >= 11 is 0. The van der Waals surface area contributed by atoms with Gasteiger partial charge in [-0.3, -0.25) is 4.79 Å². The molecule has 108 valence electrons. The van der Waals surface area contributed by atoms with Gasteiger partial charge in [0.15, 0.2) is 0 Å². The van der Waals surface area contributed by atoms with Crippen LogP contribution in [0.4, 0.5) is 0 Å². The van der Waals surface area contributed by atoms with Crippen LogP contribution in [-0.2, 0) is 4.79 Å². The van der Waals surface area contributed by atoms with Gasteiger partial charge in [-0.15, -0.1) is 0 Å². The molecule has 1 N–H and O–H groups in total. The van der Waals surface area contributed by atoms with Crippen molar-refractivity contribution in [3.05, 3.63) is 70.8 Å². The standard InChI is InChI=1S/C19H20O2/c1-2-13-14-7-3-5-9-16(14)18(11-12-19(20)21)17-10-6-4-8-15(13)17/h3-10,13,18H,2,11-12H2,1H3,(H,20,21). The highest BCUT2D eigenvalue weighted by atomic mass is 16.4. The van der Waals surface area contributed by atoms with Gasteiger partial charge in [0.2, 0.25) is 0 Å². The number of carboxylic acid groups (broad SMARTS) is 1. The van der Waals surface area contributed by atoms with Crippen LogP contribution in [0, 0.1) is 0 Å². The maximum absolute atomic E-state index is 11.0. The minimum absolute atomic E-state index is 0.205. The fraction of sp³-hybridized carbons (Fsp3) is 0.316. The Labute approximate surface area is 125 Å². The molecule has 1 aliphatic carbocycles. The van der Waals surface area contributed by atoms with Crippen molar-refractivity contribution in [2.75, 3.05) is 0 Å². The summed E-state index contributed by atoms with van der Waals surface area (Å²) in [5, 5.41) is 9.04. The molecule has 2 heteroatoms. The first-order chi connectivity index (χ1) is 10.2. The van der Waals surface area contributed by atoms with E-state index >= 15 is 0 Å². The van der Waals surface area contributed by atoms with Crippen LogP contribution in [0.1, 0.15) is 60.3 Å². The summed E-state index contributed by atoms with van der Waals surface area (Å²) in [4.78, 5) is 11.0. The van der Waals surface area contributed by atoms with Crippen molar-refractivity contribution >= 4 is 5.97 Å². The largest absolute Gasteiger partial charge is 0.481 e. The monoisotopic (exact) mass is 280 g/mol. The zero-order chi connectivity index (χ0) is 14.8. The van der Waals surface area contributed by atoms with E-state index in [-0.39, 0.29) is 12.3 Å². The molecule has 2 aromatic carbocycles. The lowest BCUT2D eigenvalue weighted by atomic mass is 9.70. The molecule has 0 atom stereocenters.